The molecule has 3 rings (SSSR count). The van der Waals surface area contributed by atoms with Gasteiger partial charge in [-0.3, -0.25) is 14.5 Å². The molecule has 2 saturated carbocycles. The van der Waals surface area contributed by atoms with Crippen LogP contribution in [-0.4, -0.2) is 55.0 Å². The third kappa shape index (κ3) is 2.35. The molecule has 3 fully saturated rings. The van der Waals surface area contributed by atoms with E-state index >= 15 is 0 Å². The van der Waals surface area contributed by atoms with Crippen LogP contribution in [0, 0.1) is 5.92 Å². The number of nitrogens with zero attached hydrogens (tertiary/aromatic N) is 1. The molecule has 1 aliphatic heterocycles. The van der Waals surface area contributed by atoms with E-state index in [0.717, 1.165) is 39.0 Å². The van der Waals surface area contributed by atoms with Crippen LogP contribution in [0.3, 0.4) is 0 Å². The second-order valence-corrected chi connectivity index (χ2v) is 5.44. The molecule has 5 heteroatoms. The van der Waals surface area contributed by atoms with Gasteiger partial charge >= 0.3 is 0 Å². The maximum Gasteiger partial charge on any atom is 0.207 e. The molecule has 2 aliphatic carbocycles. The average Bonchev–Trinajstić information content (AvgIpc) is 3.19. The van der Waals surface area contributed by atoms with Crippen LogP contribution >= 0.6 is 0 Å². The third-order valence-corrected chi connectivity index (χ3v) is 4.00. The lowest BCUT2D eigenvalue weighted by Gasteiger charge is -2.32. The predicted molar refractivity (Wildman–Crippen MR) is 60.5 cm³/mol. The largest absolute Gasteiger partial charge is 0.372 e. The average molecular weight is 238 g/mol. The highest BCUT2D eigenvalue weighted by molar-refractivity contribution is 5.86. The lowest BCUT2D eigenvalue weighted by atomic mass is 10.2. The van der Waals surface area contributed by atoms with E-state index in [2.05, 4.69) is 10.2 Å². The topological polar surface area (TPSA) is 58.6 Å². The SMILES string of the molecule is O=CNC1CC1C(=O)CN1CCOC2(CC2)C1. The fourth-order valence-corrected chi connectivity index (χ4v) is 2.66. The summed E-state index contributed by atoms with van der Waals surface area (Å²) in [5, 5.41) is 2.67. The number of hydrogen-bond acceptors (Lipinski definition) is 4. The van der Waals surface area contributed by atoms with Gasteiger partial charge in [0.1, 0.15) is 0 Å². The molecule has 0 aromatic carbocycles. The molecule has 2 unspecified atom stereocenters. The van der Waals surface area contributed by atoms with Crippen LogP contribution in [0.4, 0.5) is 0 Å². The summed E-state index contributed by atoms with van der Waals surface area (Å²) < 4.78 is 5.71. The smallest absolute Gasteiger partial charge is 0.207 e. The Bertz CT molecular complexity index is 341. The highest BCUT2D eigenvalue weighted by Gasteiger charge is 2.48. The zero-order chi connectivity index (χ0) is 11.9. The number of Topliss-reactive ketones (excluding diaryl/α,β-unsaturated/α-hetero) is 1. The standard InChI is InChI=1S/C12H18N2O3/c15-8-13-10-5-9(10)11(16)6-14-3-4-17-12(7-14)1-2-12/h8-10H,1-7H2,(H,13,15). The Morgan fingerprint density at radius 3 is 3.06 bits per heavy atom. The molecular weight excluding hydrogens is 220 g/mol. The van der Waals surface area contributed by atoms with Gasteiger partial charge in [0.15, 0.2) is 5.78 Å². The summed E-state index contributed by atoms with van der Waals surface area (Å²) in [5.74, 6) is 0.320. The summed E-state index contributed by atoms with van der Waals surface area (Å²) in [7, 11) is 0. The molecule has 17 heavy (non-hydrogen) atoms. The molecule has 0 aromatic rings. The number of carbonyl (C=O) groups excluding carboxylic acids is 2. The number of hydrogen-bond donors (Lipinski definition) is 1. The second kappa shape index (κ2) is 4.07. The molecule has 1 amide bonds. The Kier molecular flexibility index (Phi) is 2.67. The van der Waals surface area contributed by atoms with Crippen molar-refractivity contribution in [3.8, 4) is 0 Å². The minimum Gasteiger partial charge on any atom is -0.372 e. The first-order valence-electron chi connectivity index (χ1n) is 6.31. The Morgan fingerprint density at radius 2 is 2.35 bits per heavy atom. The molecular formula is C12H18N2O3. The predicted octanol–water partition coefficient (Wildman–Crippen LogP) is -0.445. The summed E-state index contributed by atoms with van der Waals surface area (Å²) in [5.41, 5.74) is 0.0858. The number of carbonyl (C=O) groups is 2. The van der Waals surface area contributed by atoms with E-state index in [1.54, 1.807) is 0 Å². The van der Waals surface area contributed by atoms with Crippen LogP contribution in [0.5, 0.6) is 0 Å². The zero-order valence-corrected chi connectivity index (χ0v) is 9.85. The second-order valence-electron chi connectivity index (χ2n) is 5.44. The minimum atomic E-state index is 0.0539. The Labute approximate surface area is 100 Å². The van der Waals surface area contributed by atoms with E-state index < -0.39 is 0 Å². The number of amides is 1. The van der Waals surface area contributed by atoms with Gasteiger partial charge in [-0.25, -0.2) is 0 Å². The first-order chi connectivity index (χ1) is 8.22. The number of ether oxygens (including phenoxy) is 1. The molecule has 1 N–H and O–H groups in total. The zero-order valence-electron chi connectivity index (χ0n) is 9.85. The summed E-state index contributed by atoms with van der Waals surface area (Å²) in [6.07, 6.45) is 3.77. The van der Waals surface area contributed by atoms with Crippen molar-refractivity contribution in [2.45, 2.75) is 30.9 Å². The summed E-state index contributed by atoms with van der Waals surface area (Å²) in [4.78, 5) is 24.4. The van der Waals surface area contributed by atoms with Gasteiger partial charge in [0.2, 0.25) is 6.41 Å². The van der Waals surface area contributed by atoms with Crippen LogP contribution in [0.25, 0.3) is 0 Å². The Hall–Kier alpha value is -0.940. The van der Waals surface area contributed by atoms with Crippen molar-refractivity contribution in [1.29, 1.82) is 0 Å². The number of morpholine rings is 1. The van der Waals surface area contributed by atoms with E-state index in [1.165, 1.54) is 0 Å². The third-order valence-electron chi connectivity index (χ3n) is 4.00. The van der Waals surface area contributed by atoms with E-state index in [4.69, 9.17) is 4.74 Å². The summed E-state index contributed by atoms with van der Waals surface area (Å²) in [6.45, 7) is 3.02. The minimum absolute atomic E-state index is 0.0539. The van der Waals surface area contributed by atoms with Gasteiger partial charge in [-0.2, -0.15) is 0 Å². The van der Waals surface area contributed by atoms with Gasteiger partial charge in [-0.1, -0.05) is 0 Å². The van der Waals surface area contributed by atoms with Crippen molar-refractivity contribution in [2.75, 3.05) is 26.2 Å². The van der Waals surface area contributed by atoms with Crippen LogP contribution in [0.15, 0.2) is 0 Å². The lowest BCUT2D eigenvalue weighted by Crippen LogP contribution is -2.46. The molecule has 1 spiro atoms. The van der Waals surface area contributed by atoms with Gasteiger partial charge in [-0.05, 0) is 19.3 Å². The van der Waals surface area contributed by atoms with Gasteiger partial charge in [-0.15, -0.1) is 0 Å². The molecule has 94 valence electrons. The van der Waals surface area contributed by atoms with Crippen LogP contribution < -0.4 is 5.32 Å². The van der Waals surface area contributed by atoms with Crippen molar-refractivity contribution >= 4 is 12.2 Å². The van der Waals surface area contributed by atoms with Gasteiger partial charge in [0, 0.05) is 25.0 Å². The molecule has 3 aliphatic rings. The normalized spacial score (nSPS) is 34.4. The molecule has 0 radical (unpaired) electrons. The van der Waals surface area contributed by atoms with Gasteiger partial charge in [0.25, 0.3) is 0 Å². The number of rotatable bonds is 5. The number of ketones is 1. The highest BCUT2D eigenvalue weighted by Crippen LogP contribution is 2.42. The lowest BCUT2D eigenvalue weighted by molar-refractivity contribution is -0.124. The van der Waals surface area contributed by atoms with E-state index in [-0.39, 0.29) is 23.3 Å². The van der Waals surface area contributed by atoms with Crippen molar-refractivity contribution in [3.05, 3.63) is 0 Å². The molecule has 2 atom stereocenters. The fourth-order valence-electron chi connectivity index (χ4n) is 2.66. The summed E-state index contributed by atoms with van der Waals surface area (Å²) >= 11 is 0. The van der Waals surface area contributed by atoms with Crippen LogP contribution in [0.2, 0.25) is 0 Å². The Balaban J connectivity index is 1.47. The monoisotopic (exact) mass is 238 g/mol. The van der Waals surface area contributed by atoms with Crippen molar-refractivity contribution < 1.29 is 14.3 Å². The molecule has 1 heterocycles. The quantitative estimate of drug-likeness (QED) is 0.659. The van der Waals surface area contributed by atoms with Crippen LogP contribution in [0.1, 0.15) is 19.3 Å². The summed E-state index contributed by atoms with van der Waals surface area (Å²) in [6, 6.07) is 0.0934. The molecule has 5 nitrogen and oxygen atoms in total. The first-order valence-corrected chi connectivity index (χ1v) is 6.31. The van der Waals surface area contributed by atoms with Crippen molar-refractivity contribution in [2.24, 2.45) is 5.92 Å². The van der Waals surface area contributed by atoms with E-state index in [1.807, 2.05) is 0 Å². The highest BCUT2D eigenvalue weighted by atomic mass is 16.5. The molecule has 0 bridgehead atoms. The van der Waals surface area contributed by atoms with Crippen LogP contribution in [-0.2, 0) is 14.3 Å². The van der Waals surface area contributed by atoms with Crippen molar-refractivity contribution in [1.82, 2.24) is 10.2 Å². The van der Waals surface area contributed by atoms with Gasteiger partial charge in [0.05, 0.1) is 18.8 Å². The first kappa shape index (κ1) is 11.2. The fraction of sp³-hybridized carbons (Fsp3) is 0.833. The van der Waals surface area contributed by atoms with Gasteiger partial charge < -0.3 is 10.1 Å². The van der Waals surface area contributed by atoms with Crippen molar-refractivity contribution in [3.63, 3.8) is 0 Å². The molecule has 1 saturated heterocycles. The molecule has 0 aromatic heterocycles. The maximum atomic E-state index is 12.0. The Morgan fingerprint density at radius 1 is 1.53 bits per heavy atom. The number of nitrogens with one attached hydrogen (secondary N) is 1. The van der Waals surface area contributed by atoms with E-state index in [9.17, 15) is 9.59 Å². The maximum absolute atomic E-state index is 12.0. The van der Waals surface area contributed by atoms with E-state index in [0.29, 0.717) is 13.0 Å².